The number of hydrogen-bond acceptors (Lipinski definition) is 2. The van der Waals surface area contributed by atoms with Crippen molar-refractivity contribution in [2.75, 3.05) is 5.32 Å². The van der Waals surface area contributed by atoms with Gasteiger partial charge in [-0.15, -0.1) is 0 Å². The monoisotopic (exact) mass is 311 g/mol. The van der Waals surface area contributed by atoms with E-state index in [1.807, 2.05) is 0 Å². The number of hydrogen-bond donors (Lipinski definition) is 2. The zero-order valence-electron chi connectivity index (χ0n) is 12.3. The molecule has 1 aromatic carbocycles. The molecule has 1 aromatic rings. The van der Waals surface area contributed by atoms with Gasteiger partial charge in [-0.2, -0.15) is 0 Å². The minimum atomic E-state index is -1.14. The lowest BCUT2D eigenvalue weighted by Gasteiger charge is -2.09. The number of aromatic carboxylic acids is 1. The zero-order valence-corrected chi connectivity index (χ0v) is 13.1. The Morgan fingerprint density at radius 2 is 1.81 bits per heavy atom. The van der Waals surface area contributed by atoms with Crippen LogP contribution < -0.4 is 5.32 Å². The first-order valence-electron chi connectivity index (χ1n) is 7.38. The average Bonchev–Trinajstić information content (AvgIpc) is 2.42. The van der Waals surface area contributed by atoms with E-state index < -0.39 is 5.97 Å². The number of benzene rings is 1. The average molecular weight is 312 g/mol. The fraction of sp³-hybridized carbons (Fsp3) is 0.500. The fourth-order valence-electron chi connectivity index (χ4n) is 2.12. The normalized spacial score (nSPS) is 10.4. The Morgan fingerprint density at radius 1 is 1.14 bits per heavy atom. The standard InChI is InChI=1S/C16H22ClNO3/c1-2-3-4-5-6-7-11-14(19)18-13-10-8-9-12(17)15(13)16(20)21/h8-10H,2-7,11H2,1H3,(H,18,19)(H,20,21). The summed E-state index contributed by atoms with van der Waals surface area (Å²) in [6, 6.07) is 4.66. The molecule has 0 saturated carbocycles. The summed E-state index contributed by atoms with van der Waals surface area (Å²) in [7, 11) is 0. The Bertz CT molecular complexity index is 488. The quantitative estimate of drug-likeness (QED) is 0.648. The molecule has 0 aromatic heterocycles. The van der Waals surface area contributed by atoms with Crippen molar-refractivity contribution < 1.29 is 14.7 Å². The Kier molecular flexibility index (Phi) is 7.83. The molecular weight excluding hydrogens is 290 g/mol. The van der Waals surface area contributed by atoms with Crippen molar-refractivity contribution in [2.24, 2.45) is 0 Å². The van der Waals surface area contributed by atoms with Crippen LogP contribution in [0.3, 0.4) is 0 Å². The van der Waals surface area contributed by atoms with Crippen LogP contribution in [0.5, 0.6) is 0 Å². The lowest BCUT2D eigenvalue weighted by atomic mass is 10.1. The minimum Gasteiger partial charge on any atom is -0.478 e. The van der Waals surface area contributed by atoms with E-state index in [4.69, 9.17) is 16.7 Å². The third kappa shape index (κ3) is 6.17. The Balaban J connectivity index is 2.45. The van der Waals surface area contributed by atoms with E-state index in [0.717, 1.165) is 19.3 Å². The van der Waals surface area contributed by atoms with Crippen LogP contribution in [0.15, 0.2) is 18.2 Å². The molecule has 21 heavy (non-hydrogen) atoms. The van der Waals surface area contributed by atoms with Gasteiger partial charge in [-0.25, -0.2) is 4.79 Å². The van der Waals surface area contributed by atoms with Crippen LogP contribution in [-0.2, 0) is 4.79 Å². The van der Waals surface area contributed by atoms with E-state index in [9.17, 15) is 9.59 Å². The maximum Gasteiger partial charge on any atom is 0.339 e. The van der Waals surface area contributed by atoms with Gasteiger partial charge in [0.2, 0.25) is 5.91 Å². The van der Waals surface area contributed by atoms with Gasteiger partial charge in [-0.1, -0.05) is 56.7 Å². The van der Waals surface area contributed by atoms with Crippen LogP contribution in [0.2, 0.25) is 5.02 Å². The summed E-state index contributed by atoms with van der Waals surface area (Å²) in [6.07, 6.45) is 7.02. The van der Waals surface area contributed by atoms with Gasteiger partial charge in [0.25, 0.3) is 0 Å². The first-order chi connectivity index (χ1) is 10.1. The number of rotatable bonds is 9. The molecule has 0 aliphatic heterocycles. The second-order valence-electron chi connectivity index (χ2n) is 5.03. The molecule has 0 atom stereocenters. The molecule has 0 aliphatic rings. The molecule has 0 unspecified atom stereocenters. The number of carbonyl (C=O) groups excluding carboxylic acids is 1. The molecule has 0 bridgehead atoms. The fourth-order valence-corrected chi connectivity index (χ4v) is 2.38. The highest BCUT2D eigenvalue weighted by Crippen LogP contribution is 2.24. The third-order valence-electron chi connectivity index (χ3n) is 3.26. The smallest absolute Gasteiger partial charge is 0.339 e. The maximum atomic E-state index is 11.8. The number of carboxylic acid groups (broad SMARTS) is 1. The molecule has 0 aliphatic carbocycles. The predicted octanol–water partition coefficient (Wildman–Crippen LogP) is 4.73. The van der Waals surface area contributed by atoms with Crippen molar-refractivity contribution in [2.45, 2.75) is 51.9 Å². The van der Waals surface area contributed by atoms with Crippen molar-refractivity contribution in [3.63, 3.8) is 0 Å². The molecular formula is C16H22ClNO3. The van der Waals surface area contributed by atoms with Crippen LogP contribution in [0.4, 0.5) is 5.69 Å². The van der Waals surface area contributed by atoms with E-state index in [0.29, 0.717) is 6.42 Å². The van der Waals surface area contributed by atoms with Crippen LogP contribution in [0.25, 0.3) is 0 Å². The largest absolute Gasteiger partial charge is 0.478 e. The topological polar surface area (TPSA) is 66.4 Å². The molecule has 4 nitrogen and oxygen atoms in total. The van der Waals surface area contributed by atoms with Crippen LogP contribution in [0, 0.1) is 0 Å². The van der Waals surface area contributed by atoms with E-state index in [2.05, 4.69) is 12.2 Å². The molecule has 5 heteroatoms. The van der Waals surface area contributed by atoms with Gasteiger partial charge in [0.05, 0.1) is 10.7 Å². The lowest BCUT2D eigenvalue weighted by molar-refractivity contribution is -0.116. The summed E-state index contributed by atoms with van der Waals surface area (Å²) in [6.45, 7) is 2.17. The highest BCUT2D eigenvalue weighted by atomic mass is 35.5. The molecule has 0 spiro atoms. The van der Waals surface area contributed by atoms with Gasteiger partial charge in [0.1, 0.15) is 5.56 Å². The van der Waals surface area contributed by atoms with E-state index in [1.165, 1.54) is 25.3 Å². The predicted molar refractivity (Wildman–Crippen MR) is 85.0 cm³/mol. The van der Waals surface area contributed by atoms with Crippen LogP contribution in [-0.4, -0.2) is 17.0 Å². The molecule has 1 amide bonds. The number of carbonyl (C=O) groups is 2. The third-order valence-corrected chi connectivity index (χ3v) is 3.57. The van der Waals surface area contributed by atoms with Gasteiger partial charge in [0, 0.05) is 6.42 Å². The Morgan fingerprint density at radius 3 is 2.48 bits per heavy atom. The number of carboxylic acids is 1. The molecule has 0 radical (unpaired) electrons. The van der Waals surface area contributed by atoms with Crippen LogP contribution in [0.1, 0.15) is 62.2 Å². The zero-order chi connectivity index (χ0) is 15.7. The lowest BCUT2D eigenvalue weighted by Crippen LogP contribution is -2.14. The van der Waals surface area contributed by atoms with Gasteiger partial charge in [-0.05, 0) is 18.6 Å². The molecule has 0 saturated heterocycles. The van der Waals surface area contributed by atoms with Crippen LogP contribution >= 0.6 is 11.6 Å². The van der Waals surface area contributed by atoms with Crippen molar-refractivity contribution in [3.8, 4) is 0 Å². The minimum absolute atomic E-state index is 0.0598. The molecule has 0 heterocycles. The molecule has 116 valence electrons. The number of nitrogens with one attached hydrogen (secondary N) is 1. The van der Waals surface area contributed by atoms with Crippen molar-refractivity contribution in [1.82, 2.24) is 0 Å². The molecule has 2 N–H and O–H groups in total. The Hall–Kier alpha value is -1.55. The van der Waals surface area contributed by atoms with Gasteiger partial charge < -0.3 is 10.4 Å². The summed E-state index contributed by atoms with van der Waals surface area (Å²) in [5.74, 6) is -1.31. The molecule has 1 rings (SSSR count). The summed E-state index contributed by atoms with van der Waals surface area (Å²) >= 11 is 5.85. The van der Waals surface area contributed by atoms with Crippen molar-refractivity contribution in [3.05, 3.63) is 28.8 Å². The van der Waals surface area contributed by atoms with Gasteiger partial charge >= 0.3 is 5.97 Å². The first kappa shape index (κ1) is 17.5. The SMILES string of the molecule is CCCCCCCCC(=O)Nc1cccc(Cl)c1C(=O)O. The van der Waals surface area contributed by atoms with Crippen molar-refractivity contribution >= 4 is 29.2 Å². The van der Waals surface area contributed by atoms with Gasteiger partial charge in [-0.3, -0.25) is 4.79 Å². The summed E-state index contributed by atoms with van der Waals surface area (Å²) in [5, 5.41) is 11.9. The summed E-state index contributed by atoms with van der Waals surface area (Å²) in [5.41, 5.74) is 0.196. The highest BCUT2D eigenvalue weighted by molar-refractivity contribution is 6.34. The molecule has 0 fully saturated rings. The Labute approximate surface area is 130 Å². The van der Waals surface area contributed by atoms with E-state index in [1.54, 1.807) is 12.1 Å². The number of unbranched alkanes of at least 4 members (excludes halogenated alkanes) is 5. The summed E-state index contributed by atoms with van der Waals surface area (Å²) < 4.78 is 0. The first-order valence-corrected chi connectivity index (χ1v) is 7.75. The highest BCUT2D eigenvalue weighted by Gasteiger charge is 2.15. The van der Waals surface area contributed by atoms with E-state index >= 15 is 0 Å². The van der Waals surface area contributed by atoms with Crippen molar-refractivity contribution in [1.29, 1.82) is 0 Å². The van der Waals surface area contributed by atoms with E-state index in [-0.39, 0.29) is 22.2 Å². The second kappa shape index (κ2) is 9.40. The number of halogens is 1. The maximum absolute atomic E-state index is 11.8. The number of amides is 1. The second-order valence-corrected chi connectivity index (χ2v) is 5.44. The van der Waals surface area contributed by atoms with Gasteiger partial charge in [0.15, 0.2) is 0 Å². The summed E-state index contributed by atoms with van der Waals surface area (Å²) in [4.78, 5) is 23.0. The number of anilines is 1.